The van der Waals surface area contributed by atoms with Crippen molar-refractivity contribution >= 4 is 5.78 Å². The van der Waals surface area contributed by atoms with Crippen LogP contribution >= 0.6 is 0 Å². The number of nitrogens with one attached hydrogen (secondary N) is 1. The first kappa shape index (κ1) is 21.9. The van der Waals surface area contributed by atoms with Gasteiger partial charge >= 0.3 is 0 Å². The van der Waals surface area contributed by atoms with Crippen LogP contribution in [0.25, 0.3) is 0 Å². The highest BCUT2D eigenvalue weighted by Gasteiger charge is 2.38. The fraction of sp³-hybridized carbons (Fsp3) is 0.577. The summed E-state index contributed by atoms with van der Waals surface area (Å²) in [5, 5.41) is 0. The summed E-state index contributed by atoms with van der Waals surface area (Å²) in [5.41, 5.74) is 5.26. The Balaban J connectivity index is 1.47. The zero-order chi connectivity index (χ0) is 22.0. The quantitative estimate of drug-likeness (QED) is 0.671. The lowest BCUT2D eigenvalue weighted by Crippen LogP contribution is -3.10. The number of ether oxygens (including phenoxy) is 3. The molecule has 3 atom stereocenters. The summed E-state index contributed by atoms with van der Waals surface area (Å²) in [5.74, 6) is 2.74. The molecule has 1 N–H and O–H groups in total. The van der Waals surface area contributed by atoms with Crippen molar-refractivity contribution in [3.05, 3.63) is 40.5 Å². The average molecular weight is 427 g/mol. The van der Waals surface area contributed by atoms with Gasteiger partial charge in [0.05, 0.1) is 32.7 Å². The van der Waals surface area contributed by atoms with Crippen LogP contribution in [0, 0.1) is 5.92 Å². The third kappa shape index (κ3) is 4.67. The van der Waals surface area contributed by atoms with E-state index in [2.05, 4.69) is 39.1 Å². The van der Waals surface area contributed by atoms with E-state index in [4.69, 9.17) is 14.2 Å². The van der Waals surface area contributed by atoms with Crippen molar-refractivity contribution in [1.29, 1.82) is 0 Å². The van der Waals surface area contributed by atoms with E-state index in [0.717, 1.165) is 62.1 Å². The topological polar surface area (TPSA) is 49.2 Å². The Morgan fingerprint density at radius 2 is 2.13 bits per heavy atom. The summed E-state index contributed by atoms with van der Waals surface area (Å²) in [6.45, 7) is 5.53. The number of carbonyl (C=O) groups is 1. The number of rotatable bonds is 7. The molecule has 1 unspecified atom stereocenters. The van der Waals surface area contributed by atoms with Crippen molar-refractivity contribution in [2.75, 3.05) is 27.5 Å². The highest BCUT2D eigenvalue weighted by atomic mass is 16.7. The molecule has 0 fully saturated rings. The molecular weight excluding hydrogens is 390 g/mol. The maximum atomic E-state index is 13.3. The third-order valence-corrected chi connectivity index (χ3v) is 7.06. The highest BCUT2D eigenvalue weighted by Crippen LogP contribution is 2.48. The standard InChI is InChI=1S/C26H35NO4/c1-17(2)6-5-7-18-8-10-19(11-9-18)22(28)15-21-24-20(12-13-27(21)3)14-23-25(26(24)29-4)31-16-30-23/h6,8,14,19,21H,5,7,9-13,15-16H2,1-4H3/p+1/t19-,21-/m1/s1. The van der Waals surface area contributed by atoms with Crippen LogP contribution in [0.3, 0.4) is 0 Å². The van der Waals surface area contributed by atoms with Gasteiger partial charge in [0.25, 0.3) is 0 Å². The van der Waals surface area contributed by atoms with Crippen LogP contribution in [-0.4, -0.2) is 33.3 Å². The lowest BCUT2D eigenvalue weighted by Gasteiger charge is -2.33. The van der Waals surface area contributed by atoms with Crippen LogP contribution in [0.1, 0.15) is 69.5 Å². The molecule has 0 aromatic heterocycles. The summed E-state index contributed by atoms with van der Waals surface area (Å²) in [4.78, 5) is 14.7. The molecule has 0 saturated heterocycles. The number of benzene rings is 1. The second-order valence-electron chi connectivity index (χ2n) is 9.44. The molecule has 5 nitrogen and oxygen atoms in total. The van der Waals surface area contributed by atoms with Gasteiger partial charge in [-0.25, -0.2) is 0 Å². The van der Waals surface area contributed by atoms with Crippen LogP contribution in [0.5, 0.6) is 17.2 Å². The summed E-state index contributed by atoms with van der Waals surface area (Å²) in [6, 6.07) is 2.19. The van der Waals surface area contributed by atoms with Gasteiger partial charge in [-0.1, -0.05) is 23.3 Å². The van der Waals surface area contributed by atoms with Crippen LogP contribution in [0.4, 0.5) is 0 Å². The molecule has 3 aliphatic rings. The fourth-order valence-corrected chi connectivity index (χ4v) is 5.22. The van der Waals surface area contributed by atoms with E-state index in [0.29, 0.717) is 18.0 Å². The number of hydrogen-bond donors (Lipinski definition) is 1. The van der Waals surface area contributed by atoms with Gasteiger partial charge in [0, 0.05) is 12.3 Å². The third-order valence-electron chi connectivity index (χ3n) is 7.06. The van der Waals surface area contributed by atoms with Crippen molar-refractivity contribution in [1.82, 2.24) is 0 Å². The molecule has 0 amide bonds. The van der Waals surface area contributed by atoms with Gasteiger partial charge in [-0.3, -0.25) is 4.79 Å². The average Bonchev–Trinajstić information content (AvgIpc) is 3.22. The van der Waals surface area contributed by atoms with Crippen molar-refractivity contribution in [3.63, 3.8) is 0 Å². The Kier molecular flexibility index (Phi) is 6.71. The van der Waals surface area contributed by atoms with Gasteiger partial charge in [-0.05, 0) is 57.6 Å². The first-order valence-electron chi connectivity index (χ1n) is 11.6. The molecule has 2 heterocycles. The number of allylic oxidation sites excluding steroid dienone is 4. The van der Waals surface area contributed by atoms with Crippen molar-refractivity contribution in [3.8, 4) is 17.2 Å². The first-order chi connectivity index (χ1) is 15.0. The van der Waals surface area contributed by atoms with E-state index < -0.39 is 0 Å². The number of carbonyl (C=O) groups excluding carboxylic acids is 1. The molecule has 168 valence electrons. The number of Topliss-reactive ketones (excluding diaryl/α,β-unsaturated/α-hetero) is 1. The summed E-state index contributed by atoms with van der Waals surface area (Å²) >= 11 is 0. The molecule has 0 bridgehead atoms. The van der Waals surface area contributed by atoms with Crippen LogP contribution in [0.2, 0.25) is 0 Å². The Hall–Kier alpha value is -2.27. The van der Waals surface area contributed by atoms with E-state index in [1.807, 2.05) is 0 Å². The molecule has 1 aromatic carbocycles. The zero-order valence-corrected chi connectivity index (χ0v) is 19.4. The maximum Gasteiger partial charge on any atom is 0.231 e. The SMILES string of the molecule is COc1c2c(cc3c1[C@@H](CC(=O)[C@@H]1CC=C(CCC=C(C)C)CC1)[NH+](C)CC3)OCO2. The maximum absolute atomic E-state index is 13.3. The minimum absolute atomic E-state index is 0.101. The number of methoxy groups -OCH3 is 1. The molecule has 4 rings (SSSR count). The van der Waals surface area contributed by atoms with Gasteiger partial charge in [0.15, 0.2) is 11.5 Å². The van der Waals surface area contributed by atoms with Gasteiger partial charge in [-0.2, -0.15) is 0 Å². The van der Waals surface area contributed by atoms with E-state index >= 15 is 0 Å². The van der Waals surface area contributed by atoms with Crippen molar-refractivity contribution in [2.45, 2.75) is 64.8 Å². The number of ketones is 1. The van der Waals surface area contributed by atoms with Crippen molar-refractivity contribution < 1.29 is 23.9 Å². The minimum atomic E-state index is 0.101. The lowest BCUT2D eigenvalue weighted by molar-refractivity contribution is -0.914. The normalized spacial score (nSPS) is 24.3. The molecule has 0 radical (unpaired) electrons. The second kappa shape index (κ2) is 9.47. The van der Waals surface area contributed by atoms with E-state index in [1.54, 1.807) is 7.11 Å². The number of quaternary nitrogens is 1. The van der Waals surface area contributed by atoms with E-state index in [9.17, 15) is 4.79 Å². The van der Waals surface area contributed by atoms with Crippen LogP contribution in [-0.2, 0) is 11.2 Å². The second-order valence-corrected chi connectivity index (χ2v) is 9.44. The number of likely N-dealkylation sites (N-methyl/N-ethyl adjacent to an activating group) is 1. The van der Waals surface area contributed by atoms with Crippen LogP contribution in [0.15, 0.2) is 29.4 Å². The number of hydrogen-bond acceptors (Lipinski definition) is 4. The molecule has 0 saturated carbocycles. The van der Waals surface area contributed by atoms with E-state index in [1.165, 1.54) is 21.6 Å². The fourth-order valence-electron chi connectivity index (χ4n) is 5.22. The van der Waals surface area contributed by atoms with Gasteiger partial charge in [-0.15, -0.1) is 0 Å². The molecule has 1 aliphatic carbocycles. The highest BCUT2D eigenvalue weighted by molar-refractivity contribution is 5.82. The van der Waals surface area contributed by atoms with Gasteiger partial charge < -0.3 is 19.1 Å². The van der Waals surface area contributed by atoms with Crippen molar-refractivity contribution in [2.24, 2.45) is 5.92 Å². The van der Waals surface area contributed by atoms with Crippen LogP contribution < -0.4 is 19.1 Å². The largest absolute Gasteiger partial charge is 0.492 e. The van der Waals surface area contributed by atoms with E-state index in [-0.39, 0.29) is 18.8 Å². The van der Waals surface area contributed by atoms with Gasteiger partial charge in [0.2, 0.25) is 12.5 Å². The molecule has 2 aliphatic heterocycles. The Labute approximate surface area is 186 Å². The molecule has 31 heavy (non-hydrogen) atoms. The first-order valence-corrected chi connectivity index (χ1v) is 11.6. The smallest absolute Gasteiger partial charge is 0.231 e. The summed E-state index contributed by atoms with van der Waals surface area (Å²) < 4.78 is 17.1. The Morgan fingerprint density at radius 1 is 1.29 bits per heavy atom. The minimum Gasteiger partial charge on any atom is -0.492 e. The predicted octanol–water partition coefficient (Wildman–Crippen LogP) is 3.97. The molecule has 1 aromatic rings. The van der Waals surface area contributed by atoms with Gasteiger partial charge in [0.1, 0.15) is 11.8 Å². The Bertz CT molecular complexity index is 897. The number of fused-ring (bicyclic) bond motifs is 2. The summed E-state index contributed by atoms with van der Waals surface area (Å²) in [6.07, 6.45) is 11.3. The monoisotopic (exact) mass is 426 g/mol. The molecular formula is C26H36NO4+. The zero-order valence-electron chi connectivity index (χ0n) is 19.4. The lowest BCUT2D eigenvalue weighted by atomic mass is 9.81. The molecule has 5 heteroatoms. The molecule has 0 spiro atoms. The predicted molar refractivity (Wildman–Crippen MR) is 121 cm³/mol. The Morgan fingerprint density at radius 3 is 2.84 bits per heavy atom. The summed E-state index contributed by atoms with van der Waals surface area (Å²) in [7, 11) is 3.87.